The predicted octanol–water partition coefficient (Wildman–Crippen LogP) is -0.323. The molecule has 0 saturated heterocycles. The molecule has 1 heterocycles. The number of nitrogens with one attached hydrogen (secondary N) is 2. The van der Waals surface area contributed by atoms with Crippen molar-refractivity contribution in [3.8, 4) is 0 Å². The molecule has 0 bridgehead atoms. The van der Waals surface area contributed by atoms with Gasteiger partial charge in [-0.25, -0.2) is 13.1 Å². The number of hydrogen-bond acceptors (Lipinski definition) is 5. The molecule has 6 nitrogen and oxygen atoms in total. The van der Waals surface area contributed by atoms with E-state index in [-0.39, 0.29) is 10.7 Å². The summed E-state index contributed by atoms with van der Waals surface area (Å²) in [5, 5.41) is 2.96. The molecule has 17 heavy (non-hydrogen) atoms. The number of aromatic nitrogens is 1. The van der Waals surface area contributed by atoms with Crippen molar-refractivity contribution >= 4 is 32.9 Å². The van der Waals surface area contributed by atoms with E-state index in [0.29, 0.717) is 12.2 Å². The normalized spacial score (nSPS) is 11.1. The van der Waals surface area contributed by atoms with Gasteiger partial charge < -0.3 is 11.1 Å². The predicted molar refractivity (Wildman–Crippen MR) is 71.5 cm³/mol. The quantitative estimate of drug-likeness (QED) is 0.615. The minimum Gasteiger partial charge on any atom is -0.388 e. The molecule has 0 aliphatic heterocycles. The third kappa shape index (κ3) is 4.63. The van der Waals surface area contributed by atoms with E-state index in [4.69, 9.17) is 18.0 Å². The Morgan fingerprint density at radius 3 is 2.88 bits per heavy atom. The molecule has 0 unspecified atom stereocenters. The molecule has 1 aromatic heterocycles. The molecular weight excluding hydrogens is 260 g/mol. The average molecular weight is 274 g/mol. The summed E-state index contributed by atoms with van der Waals surface area (Å²) >= 11 is 4.79. The van der Waals surface area contributed by atoms with Gasteiger partial charge in [0.1, 0.15) is 4.99 Å². The Morgan fingerprint density at radius 1 is 1.59 bits per heavy atom. The minimum absolute atomic E-state index is 0.00573. The van der Waals surface area contributed by atoms with Gasteiger partial charge in [0.2, 0.25) is 10.0 Å². The minimum atomic E-state index is -3.19. The van der Waals surface area contributed by atoms with Crippen molar-refractivity contribution in [2.75, 3.05) is 24.7 Å². The molecule has 4 N–H and O–H groups in total. The number of hydrogen-bond donors (Lipinski definition) is 3. The molecule has 0 atom stereocenters. The number of rotatable bonds is 6. The summed E-state index contributed by atoms with van der Waals surface area (Å²) in [6.07, 6.45) is 1.56. The molecule has 1 aromatic rings. The summed E-state index contributed by atoms with van der Waals surface area (Å²) < 4.78 is 24.6. The molecule has 1 rings (SSSR count). The monoisotopic (exact) mass is 274 g/mol. The highest BCUT2D eigenvalue weighted by Gasteiger charge is 2.06. The summed E-state index contributed by atoms with van der Waals surface area (Å²) in [6.45, 7) is 0.296. The topological polar surface area (TPSA) is 97.1 Å². The number of pyridine rings is 1. The van der Waals surface area contributed by atoms with Crippen LogP contribution in [0.4, 0.5) is 5.69 Å². The molecule has 0 saturated carbocycles. The van der Waals surface area contributed by atoms with Gasteiger partial charge in [-0.2, -0.15) is 0 Å². The third-order valence-electron chi connectivity index (χ3n) is 2.02. The van der Waals surface area contributed by atoms with E-state index in [9.17, 15) is 8.42 Å². The van der Waals surface area contributed by atoms with Gasteiger partial charge in [0, 0.05) is 18.4 Å². The van der Waals surface area contributed by atoms with Crippen LogP contribution in [0.25, 0.3) is 0 Å². The molecule has 0 aliphatic carbocycles. The fourth-order valence-corrected chi connectivity index (χ4v) is 1.79. The Bertz CT molecular complexity index is 501. The maximum Gasteiger partial charge on any atom is 0.213 e. The standard InChI is InChI=1S/C9H14N4O2S2/c1-11-17(14,15)5-4-12-7-2-3-13-8(6-7)9(10)16/h2-3,6,11H,4-5H2,1H3,(H2,10,16)(H,12,13). The highest BCUT2D eigenvalue weighted by molar-refractivity contribution is 7.89. The lowest BCUT2D eigenvalue weighted by molar-refractivity contribution is 0.588. The zero-order chi connectivity index (χ0) is 12.9. The van der Waals surface area contributed by atoms with Gasteiger partial charge in [0.15, 0.2) is 0 Å². The summed E-state index contributed by atoms with van der Waals surface area (Å²) in [5.74, 6) is -0.00573. The van der Waals surface area contributed by atoms with E-state index in [1.165, 1.54) is 7.05 Å². The van der Waals surface area contributed by atoms with Crippen molar-refractivity contribution in [2.45, 2.75) is 0 Å². The van der Waals surface area contributed by atoms with E-state index in [0.717, 1.165) is 5.69 Å². The Hall–Kier alpha value is -1.25. The number of thiocarbonyl (C=S) groups is 1. The van der Waals surface area contributed by atoms with E-state index >= 15 is 0 Å². The zero-order valence-corrected chi connectivity index (χ0v) is 10.9. The number of nitrogens with two attached hydrogens (primary N) is 1. The first kappa shape index (κ1) is 13.8. The second kappa shape index (κ2) is 5.89. The van der Waals surface area contributed by atoms with E-state index in [1.807, 2.05) is 0 Å². The summed E-state index contributed by atoms with van der Waals surface area (Å²) in [7, 11) is -1.81. The van der Waals surface area contributed by atoms with Gasteiger partial charge in [-0.3, -0.25) is 4.98 Å². The summed E-state index contributed by atoms with van der Waals surface area (Å²) in [5.41, 5.74) is 6.67. The second-order valence-electron chi connectivity index (χ2n) is 3.24. The summed E-state index contributed by atoms with van der Waals surface area (Å²) in [4.78, 5) is 4.18. The molecule has 0 aliphatic rings. The lowest BCUT2D eigenvalue weighted by atomic mass is 10.3. The van der Waals surface area contributed by atoms with Crippen LogP contribution >= 0.6 is 12.2 Å². The van der Waals surface area contributed by atoms with Gasteiger partial charge >= 0.3 is 0 Å². The van der Waals surface area contributed by atoms with Crippen molar-refractivity contribution in [3.63, 3.8) is 0 Å². The highest BCUT2D eigenvalue weighted by Crippen LogP contribution is 2.07. The first-order valence-corrected chi connectivity index (χ1v) is 6.91. The molecule has 8 heteroatoms. The first-order valence-electron chi connectivity index (χ1n) is 4.85. The second-order valence-corrected chi connectivity index (χ2v) is 5.73. The van der Waals surface area contributed by atoms with Crippen LogP contribution in [-0.4, -0.2) is 37.7 Å². The van der Waals surface area contributed by atoms with Crippen molar-refractivity contribution in [1.82, 2.24) is 9.71 Å². The van der Waals surface area contributed by atoms with Crippen molar-refractivity contribution < 1.29 is 8.42 Å². The molecule has 0 spiro atoms. The van der Waals surface area contributed by atoms with Gasteiger partial charge in [-0.05, 0) is 19.2 Å². The van der Waals surface area contributed by atoms with E-state index in [2.05, 4.69) is 15.0 Å². The largest absolute Gasteiger partial charge is 0.388 e. The Morgan fingerprint density at radius 2 is 2.29 bits per heavy atom. The molecular formula is C9H14N4O2S2. The van der Waals surface area contributed by atoms with Gasteiger partial charge in [0.25, 0.3) is 0 Å². The fraction of sp³-hybridized carbons (Fsp3) is 0.333. The van der Waals surface area contributed by atoms with Gasteiger partial charge in [0.05, 0.1) is 11.4 Å². The fourth-order valence-electron chi connectivity index (χ4n) is 1.11. The molecule has 0 radical (unpaired) electrons. The Labute approximate surface area is 106 Å². The molecule has 0 fully saturated rings. The van der Waals surface area contributed by atoms with Crippen LogP contribution < -0.4 is 15.8 Å². The molecule has 0 aromatic carbocycles. The van der Waals surface area contributed by atoms with Crippen LogP contribution in [0, 0.1) is 0 Å². The number of nitrogens with zero attached hydrogens (tertiary/aromatic N) is 1. The third-order valence-corrected chi connectivity index (χ3v) is 3.60. The summed E-state index contributed by atoms with van der Waals surface area (Å²) in [6, 6.07) is 3.39. The van der Waals surface area contributed by atoms with Crippen LogP contribution in [0.1, 0.15) is 5.69 Å². The van der Waals surface area contributed by atoms with Crippen LogP contribution in [0.2, 0.25) is 0 Å². The van der Waals surface area contributed by atoms with Gasteiger partial charge in [-0.15, -0.1) is 0 Å². The SMILES string of the molecule is CNS(=O)(=O)CCNc1ccnc(C(N)=S)c1. The van der Waals surface area contributed by atoms with Crippen LogP contribution in [0.5, 0.6) is 0 Å². The molecule has 94 valence electrons. The molecule has 0 amide bonds. The first-order chi connectivity index (χ1) is 7.94. The van der Waals surface area contributed by atoms with Crippen LogP contribution in [-0.2, 0) is 10.0 Å². The van der Waals surface area contributed by atoms with Crippen LogP contribution in [0.15, 0.2) is 18.3 Å². The maximum absolute atomic E-state index is 11.2. The van der Waals surface area contributed by atoms with Crippen molar-refractivity contribution in [2.24, 2.45) is 5.73 Å². The maximum atomic E-state index is 11.2. The smallest absolute Gasteiger partial charge is 0.213 e. The lowest BCUT2D eigenvalue weighted by Gasteiger charge is -2.07. The van der Waals surface area contributed by atoms with Crippen LogP contribution in [0.3, 0.4) is 0 Å². The van der Waals surface area contributed by atoms with E-state index in [1.54, 1.807) is 18.3 Å². The number of sulfonamides is 1. The Kier molecular flexibility index (Phi) is 4.79. The average Bonchev–Trinajstić information content (AvgIpc) is 2.29. The lowest BCUT2D eigenvalue weighted by Crippen LogP contribution is -2.26. The zero-order valence-electron chi connectivity index (χ0n) is 9.30. The number of anilines is 1. The highest BCUT2D eigenvalue weighted by atomic mass is 32.2. The van der Waals surface area contributed by atoms with Crippen molar-refractivity contribution in [1.29, 1.82) is 0 Å². The van der Waals surface area contributed by atoms with Crippen molar-refractivity contribution in [3.05, 3.63) is 24.0 Å². The Balaban J connectivity index is 2.58. The van der Waals surface area contributed by atoms with Gasteiger partial charge in [-0.1, -0.05) is 12.2 Å². The van der Waals surface area contributed by atoms with E-state index < -0.39 is 10.0 Å².